The van der Waals surface area contributed by atoms with Gasteiger partial charge in [-0.25, -0.2) is 0 Å². The predicted molar refractivity (Wildman–Crippen MR) is 69.3 cm³/mol. The number of halogens is 1. The lowest BCUT2D eigenvalue weighted by Gasteiger charge is -2.25. The smallest absolute Gasteiger partial charge is 0.171 e. The second kappa shape index (κ2) is 6.02. The van der Waals surface area contributed by atoms with E-state index < -0.39 is 0 Å². The first-order chi connectivity index (χ1) is 9.17. The average molecular weight is 267 g/mol. The highest BCUT2D eigenvalue weighted by Gasteiger charge is 2.28. The molecule has 0 amide bonds. The van der Waals surface area contributed by atoms with E-state index in [4.69, 9.17) is 9.47 Å². The molecule has 1 aliphatic heterocycles. The Kier molecular flexibility index (Phi) is 4.37. The van der Waals surface area contributed by atoms with E-state index in [2.05, 4.69) is 0 Å². The minimum absolute atomic E-state index is 0.00356. The number of carbonyl (C=O) groups excluding carboxylic acids is 1. The van der Waals surface area contributed by atoms with Gasteiger partial charge < -0.3 is 9.47 Å². The van der Waals surface area contributed by atoms with E-state index in [1.807, 2.05) is 0 Å². The molecule has 1 aromatic rings. The van der Waals surface area contributed by atoms with Gasteiger partial charge in [0.2, 0.25) is 0 Å². The molecule has 1 aromatic carbocycles. The van der Waals surface area contributed by atoms with Crippen LogP contribution < -0.4 is 9.47 Å². The molecule has 1 saturated heterocycles. The van der Waals surface area contributed by atoms with Gasteiger partial charge in [0.15, 0.2) is 17.3 Å². The Bertz CT molecular complexity index is 456. The number of nitrogens with zero attached hydrogens (tertiary/aromatic N) is 1. The number of Topliss-reactive ketones (excluding diaryl/α,β-unsaturated/α-hetero) is 1. The quantitative estimate of drug-likeness (QED) is 0.620. The van der Waals surface area contributed by atoms with Crippen LogP contribution in [-0.2, 0) is 0 Å². The summed E-state index contributed by atoms with van der Waals surface area (Å²) in [5.41, 5.74) is 0.513. The van der Waals surface area contributed by atoms with E-state index in [-0.39, 0.29) is 11.7 Å². The molecule has 2 rings (SSSR count). The number of rotatable bonds is 4. The first kappa shape index (κ1) is 13.8. The SMILES string of the molecule is COc1cccc(C(=O)C2CCN(F)CC2)c1OC. The lowest BCUT2D eigenvalue weighted by molar-refractivity contribution is -0.00615. The Morgan fingerprint density at radius 1 is 1.26 bits per heavy atom. The normalized spacial score (nSPS) is 17.2. The molecule has 0 aliphatic carbocycles. The summed E-state index contributed by atoms with van der Waals surface area (Å²) < 4.78 is 23.4. The van der Waals surface area contributed by atoms with Crippen molar-refractivity contribution in [2.75, 3.05) is 27.3 Å². The van der Waals surface area contributed by atoms with Crippen molar-refractivity contribution in [3.63, 3.8) is 0 Å². The fourth-order valence-electron chi connectivity index (χ4n) is 2.41. The number of carbonyl (C=O) groups is 1. The highest BCUT2D eigenvalue weighted by molar-refractivity contribution is 6.01. The molecular formula is C14H18FNO3. The molecule has 1 aliphatic rings. The van der Waals surface area contributed by atoms with Gasteiger partial charge >= 0.3 is 0 Å². The zero-order chi connectivity index (χ0) is 13.8. The fourth-order valence-corrected chi connectivity index (χ4v) is 2.41. The zero-order valence-electron chi connectivity index (χ0n) is 11.2. The minimum atomic E-state index is -0.145. The van der Waals surface area contributed by atoms with Gasteiger partial charge in [-0.3, -0.25) is 4.79 Å². The summed E-state index contributed by atoms with van der Waals surface area (Å²) in [6.45, 7) is 0.616. The maximum atomic E-state index is 13.0. The molecule has 4 nitrogen and oxygen atoms in total. The number of hydrogen-bond acceptors (Lipinski definition) is 4. The second-order valence-electron chi connectivity index (χ2n) is 4.59. The van der Waals surface area contributed by atoms with Crippen molar-refractivity contribution < 1.29 is 18.7 Å². The van der Waals surface area contributed by atoms with Crippen LogP contribution in [0.4, 0.5) is 4.48 Å². The molecule has 1 fully saturated rings. The lowest BCUT2D eigenvalue weighted by atomic mass is 9.89. The van der Waals surface area contributed by atoms with E-state index >= 15 is 0 Å². The third-order valence-electron chi connectivity index (χ3n) is 3.48. The molecular weight excluding hydrogens is 249 g/mol. The summed E-state index contributed by atoms with van der Waals surface area (Å²) in [6, 6.07) is 5.24. The van der Waals surface area contributed by atoms with Crippen LogP contribution in [0.2, 0.25) is 0 Å². The van der Waals surface area contributed by atoms with Gasteiger partial charge in [-0.2, -0.15) is 0 Å². The molecule has 0 atom stereocenters. The molecule has 0 saturated carbocycles. The van der Waals surface area contributed by atoms with Crippen molar-refractivity contribution in [1.29, 1.82) is 0 Å². The van der Waals surface area contributed by atoms with Crippen LogP contribution in [0.25, 0.3) is 0 Å². The number of ether oxygens (including phenoxy) is 2. The summed E-state index contributed by atoms with van der Waals surface area (Å²) in [6.07, 6.45) is 1.07. The topological polar surface area (TPSA) is 38.8 Å². The number of hydrogen-bond donors (Lipinski definition) is 0. The van der Waals surface area contributed by atoms with Gasteiger partial charge in [0, 0.05) is 19.0 Å². The third-order valence-corrected chi connectivity index (χ3v) is 3.48. The molecule has 1 heterocycles. The first-order valence-electron chi connectivity index (χ1n) is 6.33. The summed E-state index contributed by atoms with van der Waals surface area (Å²) >= 11 is 0. The van der Waals surface area contributed by atoms with E-state index in [1.165, 1.54) is 14.2 Å². The minimum Gasteiger partial charge on any atom is -0.493 e. The van der Waals surface area contributed by atoms with Crippen molar-refractivity contribution in [2.24, 2.45) is 5.92 Å². The number of ketones is 1. The van der Waals surface area contributed by atoms with Crippen LogP contribution >= 0.6 is 0 Å². The molecule has 5 heteroatoms. The molecule has 19 heavy (non-hydrogen) atoms. The number of piperidine rings is 1. The van der Waals surface area contributed by atoms with Crippen LogP contribution in [-0.4, -0.2) is 38.2 Å². The largest absolute Gasteiger partial charge is 0.493 e. The molecule has 0 unspecified atom stereocenters. The van der Waals surface area contributed by atoms with Crippen molar-refractivity contribution >= 4 is 5.78 Å². The standard InChI is InChI=1S/C14H18FNO3/c1-18-12-5-3-4-11(14(12)19-2)13(17)10-6-8-16(15)9-7-10/h3-5,10H,6-9H2,1-2H3. The first-order valence-corrected chi connectivity index (χ1v) is 6.33. The number of benzene rings is 1. The monoisotopic (exact) mass is 267 g/mol. The second-order valence-corrected chi connectivity index (χ2v) is 4.59. The molecule has 0 N–H and O–H groups in total. The van der Waals surface area contributed by atoms with Crippen molar-refractivity contribution in [3.05, 3.63) is 23.8 Å². The van der Waals surface area contributed by atoms with Crippen LogP contribution in [0.3, 0.4) is 0 Å². The molecule has 104 valence electrons. The average Bonchev–Trinajstić information content (AvgIpc) is 2.46. The summed E-state index contributed by atoms with van der Waals surface area (Å²) in [7, 11) is 3.05. The van der Waals surface area contributed by atoms with E-state index in [0.29, 0.717) is 43.0 Å². The van der Waals surface area contributed by atoms with Gasteiger partial charge in [-0.05, 0) is 25.0 Å². The number of para-hydroxylation sites is 1. The Morgan fingerprint density at radius 3 is 2.53 bits per heavy atom. The number of methoxy groups -OCH3 is 2. The summed E-state index contributed by atoms with van der Waals surface area (Å²) in [5, 5.41) is 0.757. The Morgan fingerprint density at radius 2 is 1.95 bits per heavy atom. The van der Waals surface area contributed by atoms with Crippen molar-refractivity contribution in [3.8, 4) is 11.5 Å². The maximum absolute atomic E-state index is 13.0. The van der Waals surface area contributed by atoms with Gasteiger partial charge in [-0.15, -0.1) is 9.60 Å². The highest BCUT2D eigenvalue weighted by atomic mass is 19.2. The fraction of sp³-hybridized carbons (Fsp3) is 0.500. The van der Waals surface area contributed by atoms with Crippen LogP contribution in [0.15, 0.2) is 18.2 Å². The van der Waals surface area contributed by atoms with Gasteiger partial charge in [-0.1, -0.05) is 6.07 Å². The summed E-state index contributed by atoms with van der Waals surface area (Å²) in [4.78, 5) is 12.5. The molecule has 0 aromatic heterocycles. The maximum Gasteiger partial charge on any atom is 0.171 e. The molecule has 0 bridgehead atoms. The van der Waals surface area contributed by atoms with Crippen LogP contribution in [0.5, 0.6) is 11.5 Å². The lowest BCUT2D eigenvalue weighted by Crippen LogP contribution is -2.31. The Balaban J connectivity index is 2.23. The van der Waals surface area contributed by atoms with Gasteiger partial charge in [0.25, 0.3) is 0 Å². The van der Waals surface area contributed by atoms with Gasteiger partial charge in [0.1, 0.15) is 0 Å². The van der Waals surface area contributed by atoms with Crippen LogP contribution in [0, 0.1) is 5.92 Å². The van der Waals surface area contributed by atoms with Crippen LogP contribution in [0.1, 0.15) is 23.2 Å². The molecule has 0 spiro atoms. The van der Waals surface area contributed by atoms with Crippen molar-refractivity contribution in [2.45, 2.75) is 12.8 Å². The summed E-state index contributed by atoms with van der Waals surface area (Å²) in [5.74, 6) is 0.853. The highest BCUT2D eigenvalue weighted by Crippen LogP contribution is 2.34. The van der Waals surface area contributed by atoms with E-state index in [1.54, 1.807) is 18.2 Å². The Hall–Kier alpha value is -1.62. The zero-order valence-corrected chi connectivity index (χ0v) is 11.2. The van der Waals surface area contributed by atoms with Gasteiger partial charge in [0.05, 0.1) is 19.8 Å². The molecule has 0 radical (unpaired) electrons. The van der Waals surface area contributed by atoms with E-state index in [0.717, 1.165) is 5.12 Å². The third kappa shape index (κ3) is 2.87. The Labute approximate surface area is 112 Å². The predicted octanol–water partition coefficient (Wildman–Crippen LogP) is 2.48. The van der Waals surface area contributed by atoms with E-state index in [9.17, 15) is 9.28 Å². The van der Waals surface area contributed by atoms with Crippen molar-refractivity contribution in [1.82, 2.24) is 5.12 Å².